The number of benzene rings is 3. The second kappa shape index (κ2) is 9.34. The minimum absolute atomic E-state index is 0.0401. The topological polar surface area (TPSA) is 74.7 Å². The minimum atomic E-state index is -4.16. The lowest BCUT2D eigenvalue weighted by atomic mass is 9.98. The first-order valence-corrected chi connectivity index (χ1v) is 13.3. The molecular weight excluding hydrogens is 458 g/mol. The van der Waals surface area contributed by atoms with Crippen LogP contribution in [0.1, 0.15) is 67.8 Å². The molecule has 182 valence electrons. The number of carbonyl (C=O) groups excluding carboxylic acids is 1. The van der Waals surface area contributed by atoms with Crippen molar-refractivity contribution in [1.29, 1.82) is 0 Å². The van der Waals surface area contributed by atoms with Crippen LogP contribution >= 0.6 is 0 Å². The zero-order valence-corrected chi connectivity index (χ0v) is 21.5. The lowest BCUT2D eigenvalue weighted by molar-refractivity contribution is -0.117. The van der Waals surface area contributed by atoms with Gasteiger partial charge in [-0.15, -0.1) is 0 Å². The van der Waals surface area contributed by atoms with Crippen molar-refractivity contribution in [3.8, 4) is 0 Å². The number of nitrogens with zero attached hydrogens (tertiary/aromatic N) is 1. The van der Waals surface area contributed by atoms with E-state index in [1.54, 1.807) is 24.3 Å². The van der Waals surface area contributed by atoms with E-state index >= 15 is 0 Å². The zero-order chi connectivity index (χ0) is 25.5. The Labute approximate surface area is 207 Å². The SMILES string of the molecule is Cc1ccc(S(=O)(=O)C2=C(O)C(=O)N(c3ccc(C(C)C)cc3)[C@H]2c2ccc(C(C)C)cc2)cc1. The van der Waals surface area contributed by atoms with Crippen molar-refractivity contribution in [2.45, 2.75) is 57.4 Å². The number of amides is 1. The molecule has 0 fully saturated rings. The summed E-state index contributed by atoms with van der Waals surface area (Å²) in [5, 5.41) is 11.0. The number of sulfone groups is 1. The summed E-state index contributed by atoms with van der Waals surface area (Å²) in [7, 11) is -4.16. The second-order valence-electron chi connectivity index (χ2n) is 9.67. The highest BCUT2D eigenvalue weighted by Gasteiger charge is 2.47. The van der Waals surface area contributed by atoms with Crippen molar-refractivity contribution in [1.82, 2.24) is 0 Å². The Morgan fingerprint density at radius 2 is 1.26 bits per heavy atom. The van der Waals surface area contributed by atoms with Gasteiger partial charge in [-0.25, -0.2) is 8.42 Å². The fourth-order valence-corrected chi connectivity index (χ4v) is 5.98. The molecule has 0 saturated heterocycles. The summed E-state index contributed by atoms with van der Waals surface area (Å²) >= 11 is 0. The van der Waals surface area contributed by atoms with E-state index in [9.17, 15) is 18.3 Å². The summed E-state index contributed by atoms with van der Waals surface area (Å²) in [4.78, 5) is 14.5. The van der Waals surface area contributed by atoms with Gasteiger partial charge in [0.1, 0.15) is 10.9 Å². The van der Waals surface area contributed by atoms with Gasteiger partial charge in [0, 0.05) is 5.69 Å². The molecule has 0 radical (unpaired) electrons. The molecule has 1 heterocycles. The van der Waals surface area contributed by atoms with Crippen LogP contribution in [-0.4, -0.2) is 19.4 Å². The Bertz CT molecular complexity index is 1370. The van der Waals surface area contributed by atoms with Crippen LogP contribution in [0.3, 0.4) is 0 Å². The van der Waals surface area contributed by atoms with Gasteiger partial charge in [-0.2, -0.15) is 0 Å². The molecule has 0 unspecified atom stereocenters. The molecule has 3 aromatic rings. The molecule has 0 bridgehead atoms. The first-order chi connectivity index (χ1) is 16.5. The van der Waals surface area contributed by atoms with Crippen molar-refractivity contribution in [2.75, 3.05) is 4.90 Å². The second-order valence-corrected chi connectivity index (χ2v) is 11.6. The van der Waals surface area contributed by atoms with Crippen LogP contribution in [0.25, 0.3) is 0 Å². The minimum Gasteiger partial charge on any atom is -0.502 e. The molecule has 1 aliphatic rings. The zero-order valence-electron chi connectivity index (χ0n) is 20.7. The van der Waals surface area contributed by atoms with E-state index in [1.807, 2.05) is 43.3 Å². The Kier molecular flexibility index (Phi) is 6.60. The highest BCUT2D eigenvalue weighted by molar-refractivity contribution is 7.95. The molecule has 1 atom stereocenters. The first-order valence-electron chi connectivity index (χ1n) is 11.8. The van der Waals surface area contributed by atoms with Gasteiger partial charge >= 0.3 is 0 Å². The van der Waals surface area contributed by atoms with Gasteiger partial charge in [0.25, 0.3) is 5.91 Å². The number of aliphatic hydroxyl groups excluding tert-OH is 1. The van der Waals surface area contributed by atoms with Crippen LogP contribution in [0.5, 0.6) is 0 Å². The highest BCUT2D eigenvalue weighted by atomic mass is 32.2. The van der Waals surface area contributed by atoms with E-state index in [2.05, 4.69) is 27.7 Å². The summed E-state index contributed by atoms with van der Waals surface area (Å²) in [6.45, 7) is 10.2. The normalized spacial score (nSPS) is 16.6. The smallest absolute Gasteiger partial charge is 0.295 e. The monoisotopic (exact) mass is 489 g/mol. The quantitative estimate of drug-likeness (QED) is 0.425. The molecule has 3 aromatic carbocycles. The predicted molar refractivity (Wildman–Crippen MR) is 139 cm³/mol. The molecule has 0 aromatic heterocycles. The van der Waals surface area contributed by atoms with Crippen LogP contribution in [0.15, 0.2) is 88.4 Å². The van der Waals surface area contributed by atoms with Crippen LogP contribution in [0, 0.1) is 6.92 Å². The molecule has 0 saturated carbocycles. The summed E-state index contributed by atoms with van der Waals surface area (Å²) < 4.78 is 27.6. The molecule has 35 heavy (non-hydrogen) atoms. The molecule has 0 spiro atoms. The van der Waals surface area contributed by atoms with Gasteiger partial charge < -0.3 is 5.11 Å². The van der Waals surface area contributed by atoms with E-state index in [-0.39, 0.29) is 9.80 Å². The largest absolute Gasteiger partial charge is 0.502 e. The number of anilines is 1. The summed E-state index contributed by atoms with van der Waals surface area (Å²) in [6.07, 6.45) is 0. The Morgan fingerprint density at radius 3 is 1.74 bits per heavy atom. The van der Waals surface area contributed by atoms with Crippen molar-refractivity contribution < 1.29 is 18.3 Å². The highest BCUT2D eigenvalue weighted by Crippen LogP contribution is 2.45. The van der Waals surface area contributed by atoms with E-state index in [0.717, 1.165) is 16.7 Å². The van der Waals surface area contributed by atoms with Crippen LogP contribution in [-0.2, 0) is 14.6 Å². The average Bonchev–Trinajstić information content (AvgIpc) is 3.10. The average molecular weight is 490 g/mol. The van der Waals surface area contributed by atoms with Crippen molar-refractivity contribution in [2.24, 2.45) is 0 Å². The van der Waals surface area contributed by atoms with Crippen LogP contribution in [0.2, 0.25) is 0 Å². The Morgan fingerprint density at radius 1 is 0.771 bits per heavy atom. The Hall–Kier alpha value is -3.38. The third-order valence-electron chi connectivity index (χ3n) is 6.54. The standard InChI is InChI=1S/C29H31NO4S/c1-18(2)21-8-10-23(11-9-21)26-28(35(33,34)25-16-6-20(5)7-17-25)27(31)29(32)30(26)24-14-12-22(13-15-24)19(3)4/h6-19,26,31H,1-5H3/t26-/m0/s1. The van der Waals surface area contributed by atoms with Gasteiger partial charge in [-0.3, -0.25) is 9.69 Å². The number of aryl methyl sites for hydroxylation is 1. The third-order valence-corrected chi connectivity index (χ3v) is 8.43. The summed E-state index contributed by atoms with van der Waals surface area (Å²) in [5.74, 6) is -0.863. The molecule has 0 aliphatic carbocycles. The summed E-state index contributed by atoms with van der Waals surface area (Å²) in [6, 6.07) is 20.5. The van der Waals surface area contributed by atoms with Crippen LogP contribution in [0.4, 0.5) is 5.69 Å². The van der Waals surface area contributed by atoms with Crippen LogP contribution < -0.4 is 4.90 Å². The lowest BCUT2D eigenvalue weighted by Gasteiger charge is -2.27. The summed E-state index contributed by atoms with van der Waals surface area (Å²) in [5.41, 5.74) is 4.26. The first kappa shape index (κ1) is 24.7. The van der Waals surface area contributed by atoms with Crippen molar-refractivity contribution >= 4 is 21.4 Å². The van der Waals surface area contributed by atoms with Gasteiger partial charge in [-0.1, -0.05) is 81.8 Å². The Balaban J connectivity index is 1.89. The molecule has 1 amide bonds. The van der Waals surface area contributed by atoms with Gasteiger partial charge in [0.15, 0.2) is 5.76 Å². The predicted octanol–water partition coefficient (Wildman–Crippen LogP) is 6.57. The number of aliphatic hydroxyl groups is 1. The molecule has 6 heteroatoms. The molecule has 1 aliphatic heterocycles. The molecule has 5 nitrogen and oxygen atoms in total. The fourth-order valence-electron chi connectivity index (χ4n) is 4.35. The molecule has 4 rings (SSSR count). The van der Waals surface area contributed by atoms with E-state index in [0.29, 0.717) is 23.1 Å². The number of carbonyl (C=O) groups is 1. The maximum atomic E-state index is 13.8. The van der Waals surface area contributed by atoms with Crippen molar-refractivity contribution in [3.05, 3.63) is 106 Å². The van der Waals surface area contributed by atoms with Gasteiger partial charge in [0.2, 0.25) is 9.84 Å². The maximum Gasteiger partial charge on any atom is 0.295 e. The number of hydrogen-bond donors (Lipinski definition) is 1. The van der Waals surface area contributed by atoms with Gasteiger partial charge in [0.05, 0.1) is 4.90 Å². The number of rotatable bonds is 6. The van der Waals surface area contributed by atoms with Gasteiger partial charge in [-0.05, 0) is 59.7 Å². The third kappa shape index (κ3) is 4.50. The molecule has 1 N–H and O–H groups in total. The van der Waals surface area contributed by atoms with E-state index in [1.165, 1.54) is 17.0 Å². The molecular formula is C29H31NO4S. The van der Waals surface area contributed by atoms with E-state index < -0.39 is 27.5 Å². The fraction of sp³-hybridized carbons (Fsp3) is 0.276. The van der Waals surface area contributed by atoms with Crippen molar-refractivity contribution in [3.63, 3.8) is 0 Å². The maximum absolute atomic E-state index is 13.8. The lowest BCUT2D eigenvalue weighted by Crippen LogP contribution is -2.31. The number of hydrogen-bond acceptors (Lipinski definition) is 4. The van der Waals surface area contributed by atoms with E-state index in [4.69, 9.17) is 0 Å².